The van der Waals surface area contributed by atoms with Crippen molar-refractivity contribution in [3.63, 3.8) is 0 Å². The zero-order valence-corrected chi connectivity index (χ0v) is 94.8. The molecule has 14 aromatic carbocycles. The highest BCUT2D eigenvalue weighted by Gasteiger charge is 2.47. The first-order valence-electron chi connectivity index (χ1n) is 58.3. The monoisotopic (exact) mass is 1960 g/mol. The van der Waals surface area contributed by atoms with Gasteiger partial charge in [0.05, 0.1) is 0 Å². The van der Waals surface area contributed by atoms with E-state index in [0.29, 0.717) is 46.0 Å². The molecule has 0 N–H and O–H groups in total. The highest BCUT2D eigenvalue weighted by molar-refractivity contribution is 5.92. The molecule has 0 atom stereocenters. The summed E-state index contributed by atoms with van der Waals surface area (Å²) in [7, 11) is 0. The van der Waals surface area contributed by atoms with Crippen LogP contribution in [0.2, 0.25) is 0 Å². The Hall–Kier alpha value is -11.7. The van der Waals surface area contributed by atoms with E-state index >= 15 is 0 Å². The van der Waals surface area contributed by atoms with E-state index in [2.05, 4.69) is 460 Å². The van der Waals surface area contributed by atoms with Crippen LogP contribution >= 0.6 is 0 Å². The lowest BCUT2D eigenvalue weighted by Gasteiger charge is -2.44. The van der Waals surface area contributed by atoms with Gasteiger partial charge in [0.15, 0.2) is 0 Å². The third-order valence-electron chi connectivity index (χ3n) is 35.6. The maximum absolute atomic E-state index is 8.33. The molecule has 0 aromatic heterocycles. The molecule has 22 rings (SSSR count). The Morgan fingerprint density at radius 3 is 0.838 bits per heavy atom. The van der Waals surface area contributed by atoms with E-state index in [0.717, 1.165) is 22.5 Å². The Bertz CT molecular complexity index is 7240. The predicted molar refractivity (Wildman–Crippen MR) is 641 cm³/mol. The summed E-state index contributed by atoms with van der Waals surface area (Å²) in [5, 5.41) is 0. The largest absolute Gasteiger partial charge is 0.336 e. The molecule has 0 saturated heterocycles. The van der Waals surface area contributed by atoms with Gasteiger partial charge in [-0.25, -0.2) is 0 Å². The molecule has 8 aliphatic rings. The van der Waals surface area contributed by atoms with Gasteiger partial charge in [-0.2, -0.15) is 0 Å². The first-order chi connectivity index (χ1) is 71.4. The van der Waals surface area contributed by atoms with Crippen LogP contribution in [-0.4, -0.2) is 22.2 Å². The summed E-state index contributed by atoms with van der Waals surface area (Å²) >= 11 is 0. The molecule has 0 unspecified atom stereocenters. The maximum atomic E-state index is 8.33. The van der Waals surface area contributed by atoms with Crippen molar-refractivity contribution in [2.45, 2.75) is 376 Å². The molecule has 4 nitrogen and oxygen atoms in total. The molecule has 0 bridgehead atoms. The number of para-hydroxylation sites is 2. The van der Waals surface area contributed by atoms with Crippen LogP contribution in [0.1, 0.15) is 407 Å². The van der Waals surface area contributed by atoms with Crippen LogP contribution in [0.3, 0.4) is 0 Å². The first kappa shape index (κ1) is 101. The van der Waals surface area contributed by atoms with Gasteiger partial charge in [0.2, 0.25) is 0 Å². The summed E-state index contributed by atoms with van der Waals surface area (Å²) < 4.78 is 25.0. The number of fused-ring (bicyclic) bond motifs is 12. The Morgan fingerprint density at radius 2 is 0.507 bits per heavy atom. The van der Waals surface area contributed by atoms with Crippen molar-refractivity contribution in [2.75, 3.05) is 19.6 Å². The molecule has 148 heavy (non-hydrogen) atoms. The molecule has 768 valence electrons. The molecular weight excluding hydrogens is 1790 g/mol. The van der Waals surface area contributed by atoms with E-state index in [1.165, 1.54) is 255 Å². The van der Waals surface area contributed by atoms with Crippen molar-refractivity contribution in [3.05, 3.63) is 381 Å². The molecule has 0 aliphatic heterocycles. The van der Waals surface area contributed by atoms with Crippen molar-refractivity contribution in [3.8, 4) is 66.8 Å². The van der Waals surface area contributed by atoms with E-state index in [9.17, 15) is 0 Å². The average molecular weight is 1960 g/mol. The number of aryl methyl sites for hydroxylation is 1. The SMILES string of the molecule is CC(C)c1cc2c(cc1N(c1ccccc1)C(C)(C)C)C(C)(C)c1ccccc1-2.CC1(C)CCC(c2ccc(-c3ccccc3)cc2N(c2cc3c(cc2C2CCC(C)(C)CC2)-c2ccccc2C3(C)C)C(C)(C)C)CC1.CC1(C)c2ccccc2-c2cc(C3CCCCC3)c(N(c3cc(-c4ccccc4)ccc3C3CCCCC3)C(C)(C)C)cc21.[2H]C([2H])([2H])c1cc2c(cc1N(c1ccccc1)C(C)(C)C)C(C)(C)c1ccccc1-2. The molecule has 0 amide bonds. The Labute approximate surface area is 897 Å². The number of hydrogen-bond acceptors (Lipinski definition) is 4. The molecule has 4 fully saturated rings. The number of rotatable bonds is 15. The Kier molecular flexibility index (Phi) is 27.6. The van der Waals surface area contributed by atoms with Crippen molar-refractivity contribution in [2.24, 2.45) is 10.8 Å². The van der Waals surface area contributed by atoms with Crippen molar-refractivity contribution < 1.29 is 4.11 Å². The summed E-state index contributed by atoms with van der Waals surface area (Å²) in [6.45, 7) is 59.1. The normalized spacial score (nSPS) is 18.0. The average Bonchev–Trinajstić information content (AvgIpc) is 1.57. The second-order valence-electron chi connectivity index (χ2n) is 53.1. The van der Waals surface area contributed by atoms with E-state index in [1.54, 1.807) is 22.3 Å². The summed E-state index contributed by atoms with van der Waals surface area (Å²) in [4.78, 5) is 10.3. The molecule has 14 aromatic rings. The highest BCUT2D eigenvalue weighted by Crippen LogP contribution is 2.62. The van der Waals surface area contributed by atoms with Crippen LogP contribution in [0.5, 0.6) is 0 Å². The summed E-state index contributed by atoms with van der Waals surface area (Å²) in [5.74, 6) is 2.83. The van der Waals surface area contributed by atoms with Gasteiger partial charge in [-0.3, -0.25) is 0 Å². The minimum atomic E-state index is -2.22. The lowest BCUT2D eigenvalue weighted by Crippen LogP contribution is -2.39. The molecule has 0 spiro atoms. The summed E-state index contributed by atoms with van der Waals surface area (Å²) in [5.41, 5.74) is 45.4. The topological polar surface area (TPSA) is 13.0 Å². The fourth-order valence-corrected chi connectivity index (χ4v) is 27.5. The van der Waals surface area contributed by atoms with E-state index < -0.39 is 6.85 Å². The third kappa shape index (κ3) is 20.4. The number of hydrogen-bond donors (Lipinski definition) is 0. The van der Waals surface area contributed by atoms with Gasteiger partial charge >= 0.3 is 0 Å². The predicted octanol–water partition coefficient (Wildman–Crippen LogP) is 41.9. The lowest BCUT2D eigenvalue weighted by atomic mass is 9.70. The molecular formula is C144H172N4. The molecule has 8 aliphatic carbocycles. The smallest absolute Gasteiger partial charge is 0.0457 e. The molecule has 0 radical (unpaired) electrons. The van der Waals surface area contributed by atoms with Gasteiger partial charge in [-0.05, 0) is 437 Å². The van der Waals surface area contributed by atoms with Crippen LogP contribution in [0.4, 0.5) is 45.5 Å². The van der Waals surface area contributed by atoms with Gasteiger partial charge < -0.3 is 19.6 Å². The third-order valence-corrected chi connectivity index (χ3v) is 35.6. The molecule has 0 heterocycles. The summed E-state index contributed by atoms with van der Waals surface area (Å²) in [6.07, 6.45) is 23.6. The van der Waals surface area contributed by atoms with Gasteiger partial charge in [0, 0.05) is 93.4 Å². The maximum Gasteiger partial charge on any atom is 0.0457 e. The highest BCUT2D eigenvalue weighted by atomic mass is 15.2. The second kappa shape index (κ2) is 40.5. The lowest BCUT2D eigenvalue weighted by molar-refractivity contribution is 0.224. The van der Waals surface area contributed by atoms with Gasteiger partial charge in [0.25, 0.3) is 0 Å². The standard InChI is InChI=1S/C47H59N.C43H51N.C28H33N.C26H29N/c1-44(2,3)48(42-29-35(32-15-11-10-12-16-32)19-20-36(42)33-21-25-45(4,5)26-22-33)43-31-41-39(37-17-13-14-18-40(37)47(41,8)9)30-38(43)34-23-27-46(6,7)28-24-34;1-42(2,3)44(40-27-33(30-17-9-6-10-18-30)25-26-34(40)31-19-11-7-12-20-31)41-29-39-37(28-36(41)32-21-13-8-14-22-32)35-23-15-16-24-38(35)43(39,4)5;1-19(2)22-17-23-21-15-11-12-16-24(21)28(6,7)25(23)18-26(22)29(27(3,4)5)20-13-9-8-10-14-20;1-18-16-21-20-14-10-11-15-22(20)26(5,6)23(21)17-24(18)27(25(2,3)4)19-12-8-7-9-13-19/h10-20,29-31,33-34H,21-28H2,1-9H3;6,9-10,15-18,23-29,31-32H,7-8,11-14,19-22H2,1-5H3;8-19H,1-7H3;7-17H,1-6H3/i;;;1D3. The van der Waals surface area contributed by atoms with E-state index in [1.807, 2.05) is 42.5 Å². The van der Waals surface area contributed by atoms with Crippen molar-refractivity contribution in [1.82, 2.24) is 0 Å². The second-order valence-corrected chi connectivity index (χ2v) is 53.1. The zero-order chi connectivity index (χ0) is 107. The molecule has 4 saturated carbocycles. The molecule has 4 heteroatoms. The minimum Gasteiger partial charge on any atom is -0.336 e. The number of nitrogens with zero attached hydrogens (tertiary/aromatic N) is 4. The first-order valence-corrected chi connectivity index (χ1v) is 56.8. The fourth-order valence-electron chi connectivity index (χ4n) is 27.5. The van der Waals surface area contributed by atoms with E-state index in [-0.39, 0.29) is 43.8 Å². The van der Waals surface area contributed by atoms with Crippen LogP contribution in [0.25, 0.3) is 66.8 Å². The van der Waals surface area contributed by atoms with Crippen molar-refractivity contribution >= 4 is 45.5 Å². The Balaban J connectivity index is 0.000000129. The van der Waals surface area contributed by atoms with Crippen LogP contribution in [-0.2, 0) is 21.7 Å². The van der Waals surface area contributed by atoms with Crippen LogP contribution in [0.15, 0.2) is 303 Å². The Morgan fingerprint density at radius 1 is 0.236 bits per heavy atom. The fraction of sp³-hybridized carbons (Fsp3) is 0.417. The quantitative estimate of drug-likeness (QED) is 0.101. The van der Waals surface area contributed by atoms with Crippen LogP contribution < -0.4 is 19.6 Å². The number of anilines is 8. The van der Waals surface area contributed by atoms with Gasteiger partial charge in [-0.1, -0.05) is 354 Å². The van der Waals surface area contributed by atoms with Gasteiger partial charge in [0.1, 0.15) is 0 Å². The van der Waals surface area contributed by atoms with E-state index in [4.69, 9.17) is 4.11 Å². The zero-order valence-electron chi connectivity index (χ0n) is 97.8. The number of benzene rings is 14. The van der Waals surface area contributed by atoms with Gasteiger partial charge in [-0.15, -0.1) is 0 Å². The van der Waals surface area contributed by atoms with Crippen LogP contribution in [0, 0.1) is 17.7 Å². The minimum absolute atomic E-state index is 0.0103. The summed E-state index contributed by atoms with van der Waals surface area (Å²) in [6, 6.07) is 113. The van der Waals surface area contributed by atoms with Crippen molar-refractivity contribution in [1.29, 1.82) is 0 Å².